The molecule has 0 aromatic heterocycles. The first-order valence-corrected chi connectivity index (χ1v) is 9.29. The van der Waals surface area contributed by atoms with Crippen molar-refractivity contribution in [3.05, 3.63) is 29.6 Å². The molecule has 2 atom stereocenters. The fraction of sp³-hybridized carbons (Fsp3) is 0.650. The maximum Gasteiger partial charge on any atom is 0.220 e. The molecular weight excluding hydrogens is 319 g/mol. The summed E-state index contributed by atoms with van der Waals surface area (Å²) < 4.78 is 18.5. The minimum absolute atomic E-state index is 0.0246. The molecule has 0 bridgehead atoms. The molecule has 140 valence electrons. The van der Waals surface area contributed by atoms with Crippen LogP contribution in [-0.4, -0.2) is 44.1 Å². The highest BCUT2D eigenvalue weighted by Gasteiger charge is 2.21. The van der Waals surface area contributed by atoms with Crippen LogP contribution in [0, 0.1) is 17.7 Å². The van der Waals surface area contributed by atoms with Crippen LogP contribution in [0.3, 0.4) is 0 Å². The van der Waals surface area contributed by atoms with Gasteiger partial charge in [-0.2, -0.15) is 0 Å². The Hall–Kier alpha value is -1.62. The number of benzene rings is 1. The number of methoxy groups -OCH3 is 1. The SMILES string of the molecule is COc1ccc(CCC(=O)NCCCN2CC(C)CC(C)C2)cc1F. The molecule has 1 heterocycles. The van der Waals surface area contributed by atoms with E-state index in [2.05, 4.69) is 24.1 Å². The van der Waals surface area contributed by atoms with E-state index in [0.29, 0.717) is 19.4 Å². The Morgan fingerprint density at radius 3 is 2.68 bits per heavy atom. The highest BCUT2D eigenvalue weighted by atomic mass is 19.1. The number of hydrogen-bond acceptors (Lipinski definition) is 3. The van der Waals surface area contributed by atoms with E-state index >= 15 is 0 Å². The van der Waals surface area contributed by atoms with Crippen molar-refractivity contribution in [2.45, 2.75) is 39.5 Å². The average molecular weight is 350 g/mol. The van der Waals surface area contributed by atoms with E-state index in [1.807, 2.05) is 0 Å². The van der Waals surface area contributed by atoms with Gasteiger partial charge in [-0.3, -0.25) is 4.79 Å². The van der Waals surface area contributed by atoms with Crippen LogP contribution in [0.1, 0.15) is 38.7 Å². The number of carbonyl (C=O) groups is 1. The Labute approximate surface area is 150 Å². The first-order valence-electron chi connectivity index (χ1n) is 9.29. The number of nitrogens with zero attached hydrogens (tertiary/aromatic N) is 1. The number of likely N-dealkylation sites (tertiary alicyclic amines) is 1. The molecule has 0 spiro atoms. The van der Waals surface area contributed by atoms with Crippen molar-refractivity contribution in [3.63, 3.8) is 0 Å². The van der Waals surface area contributed by atoms with Crippen molar-refractivity contribution in [2.24, 2.45) is 11.8 Å². The molecule has 1 fully saturated rings. The van der Waals surface area contributed by atoms with Gasteiger partial charge in [-0.15, -0.1) is 0 Å². The number of amides is 1. The Bertz CT molecular complexity index is 555. The molecule has 0 radical (unpaired) electrons. The Balaban J connectivity index is 1.62. The van der Waals surface area contributed by atoms with Gasteiger partial charge in [-0.25, -0.2) is 4.39 Å². The Morgan fingerprint density at radius 2 is 2.04 bits per heavy atom. The number of aryl methyl sites for hydroxylation is 1. The first kappa shape index (κ1) is 19.7. The molecule has 1 aliphatic rings. The van der Waals surface area contributed by atoms with Crippen LogP contribution in [0.25, 0.3) is 0 Å². The third kappa shape index (κ3) is 6.65. The van der Waals surface area contributed by atoms with Gasteiger partial charge in [0.25, 0.3) is 0 Å². The largest absolute Gasteiger partial charge is 0.494 e. The van der Waals surface area contributed by atoms with Gasteiger partial charge in [0.1, 0.15) is 0 Å². The lowest BCUT2D eigenvalue weighted by atomic mass is 9.92. The highest BCUT2D eigenvalue weighted by Crippen LogP contribution is 2.21. The number of halogens is 1. The molecule has 5 heteroatoms. The van der Waals surface area contributed by atoms with Crippen LogP contribution in [0.2, 0.25) is 0 Å². The zero-order valence-corrected chi connectivity index (χ0v) is 15.7. The molecule has 2 rings (SSSR count). The van der Waals surface area contributed by atoms with E-state index in [9.17, 15) is 9.18 Å². The van der Waals surface area contributed by atoms with Crippen LogP contribution in [0.15, 0.2) is 18.2 Å². The monoisotopic (exact) mass is 350 g/mol. The lowest BCUT2D eigenvalue weighted by Gasteiger charge is -2.34. The van der Waals surface area contributed by atoms with E-state index in [-0.39, 0.29) is 17.5 Å². The number of piperidine rings is 1. The van der Waals surface area contributed by atoms with Crippen LogP contribution < -0.4 is 10.1 Å². The molecule has 0 aliphatic carbocycles. The standard InChI is InChI=1S/C20H31FN2O2/c1-15-11-16(2)14-23(13-15)10-4-9-22-20(24)8-6-17-5-7-19(25-3)18(21)12-17/h5,7,12,15-16H,4,6,8-11,13-14H2,1-3H3,(H,22,24). The number of carbonyl (C=O) groups excluding carboxylic acids is 1. The Morgan fingerprint density at radius 1 is 1.32 bits per heavy atom. The van der Waals surface area contributed by atoms with Gasteiger partial charge in [-0.1, -0.05) is 19.9 Å². The lowest BCUT2D eigenvalue weighted by Crippen LogP contribution is -2.40. The summed E-state index contributed by atoms with van der Waals surface area (Å²) in [6.07, 6.45) is 3.21. The zero-order chi connectivity index (χ0) is 18.2. The molecule has 1 saturated heterocycles. The second-order valence-electron chi connectivity index (χ2n) is 7.38. The summed E-state index contributed by atoms with van der Waals surface area (Å²) in [6, 6.07) is 4.84. The molecule has 4 nitrogen and oxygen atoms in total. The third-order valence-corrected chi connectivity index (χ3v) is 4.77. The van der Waals surface area contributed by atoms with Crippen LogP contribution in [0.5, 0.6) is 5.75 Å². The summed E-state index contributed by atoms with van der Waals surface area (Å²) in [5.74, 6) is 1.41. The van der Waals surface area contributed by atoms with E-state index in [0.717, 1.165) is 30.4 Å². The predicted molar refractivity (Wildman–Crippen MR) is 98.3 cm³/mol. The van der Waals surface area contributed by atoms with E-state index < -0.39 is 0 Å². The number of hydrogen-bond donors (Lipinski definition) is 1. The molecule has 1 N–H and O–H groups in total. The van der Waals surface area contributed by atoms with Crippen molar-refractivity contribution in [1.82, 2.24) is 10.2 Å². The van der Waals surface area contributed by atoms with E-state index in [1.54, 1.807) is 12.1 Å². The van der Waals surface area contributed by atoms with Crippen molar-refractivity contribution >= 4 is 5.91 Å². The number of ether oxygens (including phenoxy) is 1. The molecule has 2 unspecified atom stereocenters. The minimum atomic E-state index is -0.384. The molecule has 1 aromatic rings. The first-order chi connectivity index (χ1) is 12.0. The van der Waals surface area contributed by atoms with E-state index in [4.69, 9.17) is 4.74 Å². The molecule has 1 amide bonds. The molecule has 25 heavy (non-hydrogen) atoms. The summed E-state index contributed by atoms with van der Waals surface area (Å²) in [5, 5.41) is 2.97. The predicted octanol–water partition coefficient (Wildman–Crippen LogP) is 3.25. The third-order valence-electron chi connectivity index (χ3n) is 4.77. The van der Waals surface area contributed by atoms with Crippen LogP contribution in [0.4, 0.5) is 4.39 Å². The fourth-order valence-electron chi connectivity index (χ4n) is 3.72. The van der Waals surface area contributed by atoms with Crippen molar-refractivity contribution in [3.8, 4) is 5.75 Å². The maximum atomic E-state index is 13.6. The summed E-state index contributed by atoms with van der Waals surface area (Å²) in [4.78, 5) is 14.4. The smallest absolute Gasteiger partial charge is 0.220 e. The normalized spacial score (nSPS) is 21.1. The van der Waals surface area contributed by atoms with Gasteiger partial charge in [0.05, 0.1) is 7.11 Å². The second kappa shape index (κ2) is 9.76. The highest BCUT2D eigenvalue weighted by molar-refractivity contribution is 5.76. The second-order valence-corrected chi connectivity index (χ2v) is 7.38. The van der Waals surface area contributed by atoms with Gasteiger partial charge >= 0.3 is 0 Å². The molecule has 0 saturated carbocycles. The van der Waals surface area contributed by atoms with Crippen LogP contribution >= 0.6 is 0 Å². The molecule has 1 aromatic carbocycles. The summed E-state index contributed by atoms with van der Waals surface area (Å²) >= 11 is 0. The Kier molecular flexibility index (Phi) is 7.69. The quantitative estimate of drug-likeness (QED) is 0.732. The van der Waals surface area contributed by atoms with Crippen LogP contribution in [-0.2, 0) is 11.2 Å². The summed E-state index contributed by atoms with van der Waals surface area (Å²) in [7, 11) is 1.44. The van der Waals surface area contributed by atoms with Crippen molar-refractivity contribution < 1.29 is 13.9 Å². The fourth-order valence-corrected chi connectivity index (χ4v) is 3.72. The van der Waals surface area contributed by atoms with Gasteiger partial charge in [0.2, 0.25) is 5.91 Å². The van der Waals surface area contributed by atoms with Crippen molar-refractivity contribution in [2.75, 3.05) is 33.3 Å². The summed E-state index contributed by atoms with van der Waals surface area (Å²) in [6.45, 7) is 8.70. The average Bonchev–Trinajstić information content (AvgIpc) is 2.56. The van der Waals surface area contributed by atoms with Gasteiger partial charge in [0, 0.05) is 26.1 Å². The molecule has 1 aliphatic heterocycles. The lowest BCUT2D eigenvalue weighted by molar-refractivity contribution is -0.121. The van der Waals surface area contributed by atoms with Gasteiger partial charge in [-0.05, 0) is 55.3 Å². The molecular formula is C20H31FN2O2. The van der Waals surface area contributed by atoms with Gasteiger partial charge in [0.15, 0.2) is 11.6 Å². The van der Waals surface area contributed by atoms with Crippen molar-refractivity contribution in [1.29, 1.82) is 0 Å². The topological polar surface area (TPSA) is 41.6 Å². The summed E-state index contributed by atoms with van der Waals surface area (Å²) in [5.41, 5.74) is 0.810. The number of nitrogens with one attached hydrogen (secondary N) is 1. The minimum Gasteiger partial charge on any atom is -0.494 e. The van der Waals surface area contributed by atoms with E-state index in [1.165, 1.54) is 32.7 Å². The number of rotatable bonds is 8. The van der Waals surface area contributed by atoms with Gasteiger partial charge < -0.3 is 15.0 Å². The maximum absolute atomic E-state index is 13.6. The zero-order valence-electron chi connectivity index (χ0n) is 15.7.